The Balaban J connectivity index is 1.72. The van der Waals surface area contributed by atoms with Crippen LogP contribution in [0.1, 0.15) is 24.0 Å². The molecule has 0 unspecified atom stereocenters. The van der Waals surface area contributed by atoms with Crippen molar-refractivity contribution < 1.29 is 27.4 Å². The predicted molar refractivity (Wildman–Crippen MR) is 98.9 cm³/mol. The molecule has 1 aromatic heterocycles. The van der Waals surface area contributed by atoms with Crippen molar-refractivity contribution in [3.05, 3.63) is 52.8 Å². The third-order valence-corrected chi connectivity index (χ3v) is 4.62. The molecular weight excluding hydrogens is 387 g/mol. The molecule has 0 aliphatic carbocycles. The summed E-state index contributed by atoms with van der Waals surface area (Å²) in [5, 5.41) is 3.13. The van der Waals surface area contributed by atoms with Gasteiger partial charge < -0.3 is 19.7 Å². The molecule has 0 saturated carbocycles. The summed E-state index contributed by atoms with van der Waals surface area (Å²) in [6.45, 7) is 0.636. The number of methoxy groups -OCH3 is 1. The zero-order valence-corrected chi connectivity index (χ0v) is 16.2. The molecule has 9 heteroatoms. The highest BCUT2D eigenvalue weighted by Crippen LogP contribution is 2.26. The van der Waals surface area contributed by atoms with Crippen LogP contribution in [0.2, 0.25) is 0 Å². The van der Waals surface area contributed by atoms with Crippen molar-refractivity contribution >= 4 is 5.91 Å². The number of likely N-dealkylation sites (N-methyl/N-ethyl adjacent to an activating group) is 1. The molecule has 0 bridgehead atoms. The Morgan fingerprint density at radius 3 is 2.55 bits per heavy atom. The molecule has 1 aromatic carbocycles. The monoisotopic (exact) mass is 409 g/mol. The lowest BCUT2D eigenvalue weighted by molar-refractivity contribution is -0.132. The number of nitrogens with zero attached hydrogens (tertiary/aromatic N) is 2. The van der Waals surface area contributed by atoms with Gasteiger partial charge in [-0.05, 0) is 43.1 Å². The van der Waals surface area contributed by atoms with Crippen LogP contribution in [-0.2, 0) is 17.9 Å². The van der Waals surface area contributed by atoms with Gasteiger partial charge in [0.2, 0.25) is 11.8 Å². The minimum atomic E-state index is -0.766. The van der Waals surface area contributed by atoms with Gasteiger partial charge in [0.25, 0.3) is 5.88 Å². The van der Waals surface area contributed by atoms with E-state index >= 15 is 0 Å². The molecule has 29 heavy (non-hydrogen) atoms. The van der Waals surface area contributed by atoms with Crippen LogP contribution in [0.4, 0.5) is 13.2 Å². The highest BCUT2D eigenvalue weighted by Gasteiger charge is 2.26. The van der Waals surface area contributed by atoms with Gasteiger partial charge in [-0.1, -0.05) is 0 Å². The number of rotatable bonds is 7. The van der Waals surface area contributed by atoms with E-state index in [1.165, 1.54) is 18.1 Å². The summed E-state index contributed by atoms with van der Waals surface area (Å²) >= 11 is 0. The molecule has 1 aliphatic heterocycles. The zero-order chi connectivity index (χ0) is 21.0. The van der Waals surface area contributed by atoms with Crippen LogP contribution in [0.25, 0.3) is 0 Å². The van der Waals surface area contributed by atoms with E-state index in [2.05, 4.69) is 10.3 Å². The number of benzene rings is 1. The number of carbonyl (C=O) groups is 1. The number of amides is 1. The van der Waals surface area contributed by atoms with E-state index < -0.39 is 17.5 Å². The fraction of sp³-hybridized carbons (Fsp3) is 0.400. The van der Waals surface area contributed by atoms with Gasteiger partial charge in [0.15, 0.2) is 5.82 Å². The lowest BCUT2D eigenvalue weighted by atomic mass is 10.2. The minimum Gasteiger partial charge on any atom is -0.481 e. The fourth-order valence-corrected chi connectivity index (χ4v) is 3.23. The van der Waals surface area contributed by atoms with Gasteiger partial charge in [0.05, 0.1) is 19.7 Å². The first kappa shape index (κ1) is 20.9. The predicted octanol–water partition coefficient (Wildman–Crippen LogP) is 2.80. The smallest absolute Gasteiger partial charge is 0.254 e. The summed E-state index contributed by atoms with van der Waals surface area (Å²) in [6.07, 6.45) is 1.70. The maximum atomic E-state index is 14.5. The van der Waals surface area contributed by atoms with Gasteiger partial charge in [-0.3, -0.25) is 4.79 Å². The molecule has 0 spiro atoms. The summed E-state index contributed by atoms with van der Waals surface area (Å²) in [5.74, 6) is -2.62. The van der Waals surface area contributed by atoms with Crippen LogP contribution in [0.5, 0.6) is 11.8 Å². The van der Waals surface area contributed by atoms with E-state index in [1.807, 2.05) is 0 Å². The van der Waals surface area contributed by atoms with Crippen molar-refractivity contribution in [1.29, 1.82) is 0 Å². The van der Waals surface area contributed by atoms with Crippen molar-refractivity contribution in [2.45, 2.75) is 32.0 Å². The van der Waals surface area contributed by atoms with Gasteiger partial charge >= 0.3 is 0 Å². The van der Waals surface area contributed by atoms with E-state index in [0.717, 1.165) is 37.6 Å². The maximum absolute atomic E-state index is 14.5. The van der Waals surface area contributed by atoms with Crippen LogP contribution >= 0.6 is 0 Å². The second-order valence-electron chi connectivity index (χ2n) is 6.85. The highest BCUT2D eigenvalue weighted by molar-refractivity contribution is 5.82. The maximum Gasteiger partial charge on any atom is 0.254 e. The molecule has 2 heterocycles. The molecule has 3 rings (SSSR count). The lowest BCUT2D eigenvalue weighted by Gasteiger charge is -2.22. The number of carbonyl (C=O) groups excluding carboxylic acids is 1. The average Bonchev–Trinajstić information content (AvgIpc) is 3.20. The molecule has 6 nitrogen and oxygen atoms in total. The number of hydrogen-bond acceptors (Lipinski definition) is 5. The third kappa shape index (κ3) is 5.17. The molecule has 0 radical (unpaired) electrons. The van der Waals surface area contributed by atoms with E-state index in [-0.39, 0.29) is 42.4 Å². The minimum absolute atomic E-state index is 0.0848. The van der Waals surface area contributed by atoms with Crippen LogP contribution < -0.4 is 14.8 Å². The Kier molecular flexibility index (Phi) is 6.58. The first-order chi connectivity index (χ1) is 13.9. The number of ether oxygens (including phenoxy) is 2. The first-order valence-electron chi connectivity index (χ1n) is 9.17. The number of nitrogens with one attached hydrogen (secondary N) is 1. The molecule has 1 aliphatic rings. The Bertz CT molecular complexity index is 869. The number of halogens is 3. The molecule has 1 N–H and O–H groups in total. The lowest BCUT2D eigenvalue weighted by Crippen LogP contribution is -2.41. The topological polar surface area (TPSA) is 63.7 Å². The van der Waals surface area contributed by atoms with Gasteiger partial charge in [0.1, 0.15) is 18.2 Å². The summed E-state index contributed by atoms with van der Waals surface area (Å²) < 4.78 is 51.5. The second kappa shape index (κ2) is 9.13. The molecular formula is C20H22F3N3O3. The fourth-order valence-electron chi connectivity index (χ4n) is 3.23. The zero-order valence-electron chi connectivity index (χ0n) is 16.2. The SMILES string of the molecule is COc1nc(OCc2cc(F)cc(F)c2)c(F)cc1CN(C)C(=O)[C@@H]1CCCN1. The summed E-state index contributed by atoms with van der Waals surface area (Å²) in [7, 11) is 3.00. The Labute approximate surface area is 166 Å². The van der Waals surface area contributed by atoms with Crippen LogP contribution in [0.3, 0.4) is 0 Å². The number of pyridine rings is 1. The Morgan fingerprint density at radius 1 is 1.21 bits per heavy atom. The highest BCUT2D eigenvalue weighted by atomic mass is 19.1. The largest absolute Gasteiger partial charge is 0.481 e. The van der Waals surface area contributed by atoms with Crippen LogP contribution in [-0.4, -0.2) is 42.5 Å². The standard InChI is InChI=1S/C20H22F3N3O3/c1-26(20(27)17-4-3-5-24-17)10-13-8-16(23)19(25-18(13)28-2)29-11-12-6-14(21)9-15(22)7-12/h6-9,17,24H,3-5,10-11H2,1-2H3/t17-/m0/s1. The van der Waals surface area contributed by atoms with Crippen molar-refractivity contribution in [3.8, 4) is 11.8 Å². The van der Waals surface area contributed by atoms with Crippen LogP contribution in [0, 0.1) is 17.5 Å². The van der Waals surface area contributed by atoms with Crippen molar-refractivity contribution in [2.24, 2.45) is 0 Å². The average molecular weight is 409 g/mol. The molecule has 1 saturated heterocycles. The van der Waals surface area contributed by atoms with Gasteiger partial charge in [-0.15, -0.1) is 0 Å². The van der Waals surface area contributed by atoms with Crippen molar-refractivity contribution in [3.63, 3.8) is 0 Å². The number of hydrogen-bond donors (Lipinski definition) is 1. The van der Waals surface area contributed by atoms with E-state index in [4.69, 9.17) is 9.47 Å². The van der Waals surface area contributed by atoms with Crippen LogP contribution in [0.15, 0.2) is 24.3 Å². The van der Waals surface area contributed by atoms with Gasteiger partial charge in [-0.25, -0.2) is 13.2 Å². The summed E-state index contributed by atoms with van der Waals surface area (Å²) in [6, 6.07) is 3.85. The molecule has 1 atom stereocenters. The van der Waals surface area contributed by atoms with Crippen molar-refractivity contribution in [1.82, 2.24) is 15.2 Å². The molecule has 1 amide bonds. The molecule has 156 valence electrons. The summed E-state index contributed by atoms with van der Waals surface area (Å²) in [5.41, 5.74) is 0.573. The quantitative estimate of drug-likeness (QED) is 0.762. The van der Waals surface area contributed by atoms with Gasteiger partial charge in [0, 0.05) is 18.7 Å². The molecule has 2 aromatic rings. The van der Waals surface area contributed by atoms with E-state index in [9.17, 15) is 18.0 Å². The number of aromatic nitrogens is 1. The van der Waals surface area contributed by atoms with Gasteiger partial charge in [-0.2, -0.15) is 4.98 Å². The normalized spacial score (nSPS) is 16.0. The van der Waals surface area contributed by atoms with E-state index in [1.54, 1.807) is 7.05 Å². The second-order valence-corrected chi connectivity index (χ2v) is 6.85. The summed E-state index contributed by atoms with van der Waals surface area (Å²) in [4.78, 5) is 17.9. The van der Waals surface area contributed by atoms with E-state index in [0.29, 0.717) is 5.56 Å². The third-order valence-electron chi connectivity index (χ3n) is 4.62. The Hall–Kier alpha value is -2.81. The first-order valence-corrected chi connectivity index (χ1v) is 9.17. The Morgan fingerprint density at radius 2 is 1.93 bits per heavy atom. The molecule has 1 fully saturated rings. The van der Waals surface area contributed by atoms with Crippen molar-refractivity contribution in [2.75, 3.05) is 20.7 Å².